The van der Waals surface area contributed by atoms with Gasteiger partial charge in [-0.3, -0.25) is 9.59 Å². The summed E-state index contributed by atoms with van der Waals surface area (Å²) in [6, 6.07) is 12.3. The minimum atomic E-state index is -0.634. The van der Waals surface area contributed by atoms with Crippen LogP contribution in [0.15, 0.2) is 48.5 Å². The van der Waals surface area contributed by atoms with Gasteiger partial charge in [-0.25, -0.2) is 4.39 Å². The largest absolute Gasteiger partial charge is 0.426 e. The fourth-order valence-electron chi connectivity index (χ4n) is 1.64. The second-order valence-electron chi connectivity index (χ2n) is 4.18. The minimum Gasteiger partial charge on any atom is -0.426 e. The molecule has 0 aliphatic rings. The van der Waals surface area contributed by atoms with Crippen LogP contribution in [-0.4, -0.2) is 11.8 Å². The molecule has 2 rings (SSSR count). The minimum absolute atomic E-state index is 0.0510. The first kappa shape index (κ1) is 14.5. The second kappa shape index (κ2) is 6.49. The Kier molecular flexibility index (Phi) is 4.47. The monoisotopic (exact) mass is 282 g/mol. The van der Waals surface area contributed by atoms with Crippen LogP contribution in [-0.2, 0) is 4.79 Å². The van der Waals surface area contributed by atoms with Crippen molar-refractivity contribution in [2.75, 3.05) is 0 Å². The summed E-state index contributed by atoms with van der Waals surface area (Å²) in [5.41, 5.74) is 0.733. The van der Waals surface area contributed by atoms with Crippen molar-refractivity contribution in [3.8, 4) is 17.6 Å². The Balaban J connectivity index is 2.31. The predicted molar refractivity (Wildman–Crippen MR) is 75.4 cm³/mol. The van der Waals surface area contributed by atoms with Gasteiger partial charge in [0.05, 0.1) is 5.56 Å². The Bertz CT molecular complexity index is 740. The number of hydrogen-bond acceptors (Lipinski definition) is 3. The molecule has 0 aromatic heterocycles. The third-order valence-corrected chi connectivity index (χ3v) is 2.54. The summed E-state index contributed by atoms with van der Waals surface area (Å²) >= 11 is 0. The Labute approximate surface area is 121 Å². The highest BCUT2D eigenvalue weighted by Crippen LogP contribution is 2.20. The molecule has 0 atom stereocenters. The predicted octanol–water partition coefficient (Wildman–Crippen LogP) is 2.99. The SMILES string of the molecule is CC(=O)Oc1cc(F)ccc1C(=O)C#Cc1ccccc1. The van der Waals surface area contributed by atoms with Crippen LogP contribution in [0.1, 0.15) is 22.8 Å². The molecule has 0 saturated heterocycles. The van der Waals surface area contributed by atoms with Crippen LogP contribution in [0.3, 0.4) is 0 Å². The molecule has 0 aliphatic carbocycles. The zero-order valence-electron chi connectivity index (χ0n) is 11.2. The lowest BCUT2D eigenvalue weighted by molar-refractivity contribution is -0.131. The van der Waals surface area contributed by atoms with Crippen LogP contribution in [0.4, 0.5) is 4.39 Å². The van der Waals surface area contributed by atoms with Crippen LogP contribution in [0.5, 0.6) is 5.75 Å². The maximum absolute atomic E-state index is 13.2. The Morgan fingerprint density at radius 1 is 1.10 bits per heavy atom. The molecule has 0 aliphatic heterocycles. The van der Waals surface area contributed by atoms with Crippen LogP contribution in [0.25, 0.3) is 0 Å². The molecular formula is C17H11FO3. The van der Waals surface area contributed by atoms with Crippen molar-refractivity contribution in [3.05, 3.63) is 65.5 Å². The fourth-order valence-corrected chi connectivity index (χ4v) is 1.64. The highest BCUT2D eigenvalue weighted by molar-refractivity contribution is 6.11. The number of carbonyl (C=O) groups excluding carboxylic acids is 2. The van der Waals surface area contributed by atoms with Crippen LogP contribution in [0, 0.1) is 17.7 Å². The zero-order valence-corrected chi connectivity index (χ0v) is 11.2. The van der Waals surface area contributed by atoms with Crippen LogP contribution < -0.4 is 4.74 Å². The first-order chi connectivity index (χ1) is 10.1. The maximum atomic E-state index is 13.2. The van der Waals surface area contributed by atoms with E-state index in [1.807, 2.05) is 6.07 Å². The summed E-state index contributed by atoms with van der Waals surface area (Å²) in [7, 11) is 0. The summed E-state index contributed by atoms with van der Waals surface area (Å²) in [5, 5.41) is 0. The quantitative estimate of drug-likeness (QED) is 0.368. The molecule has 0 N–H and O–H groups in total. The van der Waals surface area contributed by atoms with Crippen molar-refractivity contribution in [1.29, 1.82) is 0 Å². The summed E-state index contributed by atoms with van der Waals surface area (Å²) in [6.45, 7) is 1.18. The van der Waals surface area contributed by atoms with Crippen molar-refractivity contribution in [1.82, 2.24) is 0 Å². The first-order valence-corrected chi connectivity index (χ1v) is 6.15. The number of halogens is 1. The molecule has 0 fully saturated rings. The summed E-state index contributed by atoms with van der Waals surface area (Å²) in [4.78, 5) is 23.0. The second-order valence-corrected chi connectivity index (χ2v) is 4.18. The van der Waals surface area contributed by atoms with E-state index in [0.717, 1.165) is 12.1 Å². The van der Waals surface area contributed by atoms with E-state index in [-0.39, 0.29) is 11.3 Å². The topological polar surface area (TPSA) is 43.4 Å². The van der Waals surface area contributed by atoms with E-state index in [9.17, 15) is 14.0 Å². The third-order valence-electron chi connectivity index (χ3n) is 2.54. The van der Waals surface area contributed by atoms with Gasteiger partial charge < -0.3 is 4.74 Å². The average molecular weight is 282 g/mol. The average Bonchev–Trinajstić information content (AvgIpc) is 2.45. The highest BCUT2D eigenvalue weighted by Gasteiger charge is 2.13. The molecule has 0 radical (unpaired) electrons. The fraction of sp³-hybridized carbons (Fsp3) is 0.0588. The first-order valence-electron chi connectivity index (χ1n) is 6.15. The summed E-state index contributed by atoms with van der Waals surface area (Å²) < 4.78 is 18.0. The van der Waals surface area contributed by atoms with Gasteiger partial charge >= 0.3 is 5.97 Å². The normalized spacial score (nSPS) is 9.43. The van der Waals surface area contributed by atoms with E-state index < -0.39 is 17.6 Å². The number of benzene rings is 2. The van der Waals surface area contributed by atoms with Gasteiger partial charge in [-0.2, -0.15) is 0 Å². The molecule has 3 nitrogen and oxygen atoms in total. The number of hydrogen-bond donors (Lipinski definition) is 0. The Hall–Kier alpha value is -2.93. The van der Waals surface area contributed by atoms with Crippen molar-refractivity contribution < 1.29 is 18.7 Å². The molecule has 0 heterocycles. The van der Waals surface area contributed by atoms with Crippen LogP contribution >= 0.6 is 0 Å². The molecule has 104 valence electrons. The van der Waals surface area contributed by atoms with Crippen molar-refractivity contribution >= 4 is 11.8 Å². The maximum Gasteiger partial charge on any atom is 0.308 e. The molecule has 4 heteroatoms. The molecule has 21 heavy (non-hydrogen) atoms. The van der Waals surface area contributed by atoms with Gasteiger partial charge in [-0.05, 0) is 30.2 Å². The number of esters is 1. The molecule has 0 spiro atoms. The molecule has 0 unspecified atom stereocenters. The lowest BCUT2D eigenvalue weighted by Gasteiger charge is -2.05. The van der Waals surface area contributed by atoms with E-state index in [2.05, 4.69) is 11.8 Å². The number of ether oxygens (including phenoxy) is 1. The molecule has 0 amide bonds. The highest BCUT2D eigenvalue weighted by atomic mass is 19.1. The van der Waals surface area contributed by atoms with Crippen molar-refractivity contribution in [3.63, 3.8) is 0 Å². The Morgan fingerprint density at radius 2 is 1.81 bits per heavy atom. The van der Waals surface area contributed by atoms with E-state index in [1.165, 1.54) is 13.0 Å². The summed E-state index contributed by atoms with van der Waals surface area (Å²) in [5.74, 6) is 3.24. The number of rotatable bonds is 2. The lowest BCUT2D eigenvalue weighted by Crippen LogP contribution is -2.07. The zero-order chi connectivity index (χ0) is 15.2. The van der Waals surface area contributed by atoms with Gasteiger partial charge in [-0.1, -0.05) is 24.1 Å². The van der Waals surface area contributed by atoms with Gasteiger partial charge in [0.2, 0.25) is 5.78 Å². The Morgan fingerprint density at radius 3 is 2.48 bits per heavy atom. The van der Waals surface area contributed by atoms with Crippen LogP contribution in [0.2, 0.25) is 0 Å². The number of ketones is 1. The summed E-state index contributed by atoms with van der Waals surface area (Å²) in [6.07, 6.45) is 0. The third kappa shape index (κ3) is 4.02. The lowest BCUT2D eigenvalue weighted by atomic mass is 10.1. The van der Waals surface area contributed by atoms with E-state index in [1.54, 1.807) is 24.3 Å². The van der Waals surface area contributed by atoms with Gasteiger partial charge in [0, 0.05) is 18.6 Å². The van der Waals surface area contributed by atoms with Gasteiger partial charge in [0.25, 0.3) is 0 Å². The standard InChI is InChI=1S/C17H11FO3/c1-12(19)21-17-11-14(18)8-9-15(17)16(20)10-7-13-5-3-2-4-6-13/h2-6,8-9,11H,1H3. The van der Waals surface area contributed by atoms with Gasteiger partial charge in [0.1, 0.15) is 11.6 Å². The van der Waals surface area contributed by atoms with Gasteiger partial charge in [0.15, 0.2) is 0 Å². The van der Waals surface area contributed by atoms with E-state index >= 15 is 0 Å². The molecular weight excluding hydrogens is 271 g/mol. The molecule has 0 bridgehead atoms. The van der Waals surface area contributed by atoms with E-state index in [4.69, 9.17) is 4.74 Å². The molecule has 0 saturated carbocycles. The molecule has 2 aromatic carbocycles. The van der Waals surface area contributed by atoms with Crippen molar-refractivity contribution in [2.24, 2.45) is 0 Å². The van der Waals surface area contributed by atoms with Gasteiger partial charge in [-0.15, -0.1) is 0 Å². The van der Waals surface area contributed by atoms with E-state index in [0.29, 0.717) is 5.56 Å². The number of carbonyl (C=O) groups is 2. The smallest absolute Gasteiger partial charge is 0.308 e. The number of Topliss-reactive ketones (excluding diaryl/α,β-unsaturated/α-hetero) is 1. The molecule has 2 aromatic rings. The van der Waals surface area contributed by atoms with Crippen molar-refractivity contribution in [2.45, 2.75) is 6.92 Å².